The van der Waals surface area contributed by atoms with Gasteiger partial charge in [-0.25, -0.2) is 87.8 Å². The van der Waals surface area contributed by atoms with Crippen LogP contribution in [0.2, 0.25) is 0 Å². The van der Waals surface area contributed by atoms with Crippen molar-refractivity contribution in [2.75, 3.05) is 13.1 Å². The number of nitrogens with one attached hydrogen (secondary N) is 1. The van der Waals surface area contributed by atoms with Crippen LogP contribution < -0.4 is 26.8 Å². The van der Waals surface area contributed by atoms with E-state index in [-0.39, 0.29) is 0 Å². The molecule has 5 rings (SSSR count). The maximum atomic E-state index is 15.4. The molecule has 22 heteroatoms. The first-order chi connectivity index (χ1) is 28.5. The van der Waals surface area contributed by atoms with Gasteiger partial charge in [-0.2, -0.15) is 0 Å². The molecule has 0 atom stereocenters. The normalized spacial score (nSPS) is 11.7. The first-order valence-electron chi connectivity index (χ1n) is 17.7. The molecule has 0 fully saturated rings. The van der Waals surface area contributed by atoms with Crippen molar-refractivity contribution < 1.29 is 92.7 Å². The molecule has 0 saturated carbocycles. The van der Waals surface area contributed by atoms with Crippen LogP contribution in [0.3, 0.4) is 0 Å². The third-order valence-electron chi connectivity index (χ3n) is 10.1. The Morgan fingerprint density at radius 2 is 0.574 bits per heavy atom. The smallest absolute Gasteiger partial charge is 0.200 e. The predicted octanol–water partition coefficient (Wildman–Crippen LogP) is 8.30. The lowest BCUT2D eigenvalue weighted by atomic mass is 9.12. The molecule has 0 saturated heterocycles. The number of hydrogen-bond acceptors (Lipinski definition) is 0. The van der Waals surface area contributed by atoms with Crippen LogP contribution in [-0.2, 0) is 13.0 Å². The van der Waals surface area contributed by atoms with Gasteiger partial charge < -0.3 is 4.90 Å². The summed E-state index contributed by atoms with van der Waals surface area (Å²) >= 11 is 0. The Morgan fingerprint density at radius 1 is 0.344 bits per heavy atom. The fraction of sp³-hybridized carbons (Fsp3) is 0.231. The fourth-order valence-corrected chi connectivity index (χ4v) is 6.98. The molecule has 1 N–H and O–H groups in total. The summed E-state index contributed by atoms with van der Waals surface area (Å²) < 4.78 is 294. The molecule has 0 aromatic heterocycles. The van der Waals surface area contributed by atoms with Crippen molar-refractivity contribution in [2.24, 2.45) is 0 Å². The van der Waals surface area contributed by atoms with Gasteiger partial charge in [-0.05, 0) is 32.3 Å². The van der Waals surface area contributed by atoms with Gasteiger partial charge in [0.25, 0.3) is 0 Å². The van der Waals surface area contributed by atoms with Crippen LogP contribution in [-0.4, -0.2) is 19.2 Å². The molecule has 0 spiro atoms. The Kier molecular flexibility index (Phi) is 14.9. The highest BCUT2D eigenvalue weighted by molar-refractivity contribution is 7.20. The lowest BCUT2D eigenvalue weighted by molar-refractivity contribution is -0.910. The molecule has 0 heterocycles. The first kappa shape index (κ1) is 48.4. The monoisotopic (exact) mass is 899 g/mol. The molecule has 0 aliphatic heterocycles. The van der Waals surface area contributed by atoms with Crippen LogP contribution >= 0.6 is 0 Å². The van der Waals surface area contributed by atoms with Crippen molar-refractivity contribution >= 4 is 28.0 Å². The molecule has 61 heavy (non-hydrogen) atoms. The molecule has 0 bridgehead atoms. The average molecular weight is 899 g/mol. The maximum absolute atomic E-state index is 15.4. The second-order valence-corrected chi connectivity index (χ2v) is 13.3. The number of hydrogen-bond donors (Lipinski definition) is 1. The Morgan fingerprint density at radius 3 is 0.803 bits per heavy atom. The topological polar surface area (TPSA) is 4.44 Å². The van der Waals surface area contributed by atoms with Gasteiger partial charge in [0.1, 0.15) is 59.2 Å². The minimum Gasteiger partial charge on any atom is -0.332 e. The van der Waals surface area contributed by atoms with E-state index in [1.54, 1.807) is 16.0 Å². The minimum absolute atomic E-state index is 1.19. The summed E-state index contributed by atoms with van der Waals surface area (Å²) in [5.74, 6) is -71.4. The van der Waals surface area contributed by atoms with Gasteiger partial charge in [0.15, 0.2) is 69.8 Å². The lowest BCUT2D eigenvalue weighted by Gasteiger charge is -2.44. The van der Waals surface area contributed by atoms with Gasteiger partial charge >= 0.3 is 0 Å². The fourth-order valence-electron chi connectivity index (χ4n) is 6.98. The van der Waals surface area contributed by atoms with Gasteiger partial charge in [0, 0.05) is 5.56 Å². The lowest BCUT2D eigenvalue weighted by Crippen LogP contribution is -3.10. The van der Waals surface area contributed by atoms with Crippen LogP contribution in [0.4, 0.5) is 87.8 Å². The molecule has 0 amide bonds. The maximum Gasteiger partial charge on any atom is 0.200 e. The van der Waals surface area contributed by atoms with Crippen molar-refractivity contribution in [3.05, 3.63) is 152 Å². The number of quaternary nitrogens is 1. The van der Waals surface area contributed by atoms with Gasteiger partial charge in [0.05, 0.1) is 13.1 Å². The quantitative estimate of drug-likeness (QED) is 0.0590. The number of benzene rings is 5. The summed E-state index contributed by atoms with van der Waals surface area (Å²) in [6.45, 7) is 10.4. The first-order valence-corrected chi connectivity index (χ1v) is 17.7. The summed E-state index contributed by atoms with van der Waals surface area (Å²) in [7, 11) is 0. The average Bonchev–Trinajstić information content (AvgIpc) is 3.25. The molecule has 5 aromatic carbocycles. The van der Waals surface area contributed by atoms with Gasteiger partial charge in [-0.15, -0.1) is 21.9 Å². The second-order valence-electron chi connectivity index (χ2n) is 13.3. The Bertz CT molecular complexity index is 2100. The standard InChI is InChI=1S/C24BF20.C15H25N/c26-5-1(6(27)14(35)21(42)13(5)34)25(2-7(28)15(36)22(43)16(37)8(2)29,3-9(30)17(38)23(44)18(39)10(3)31)4-11(32)19(40)24(45)20(41)12(4)33;1-4-7-10-14-11-8-9-12-15(14)13-16(5-2)6-3/h;8-9,11-12H,4-7,10,13H2,1-3H3/q-1;/p+1. The van der Waals surface area contributed by atoms with Gasteiger partial charge in [0.2, 0.25) is 0 Å². The van der Waals surface area contributed by atoms with Crippen LogP contribution in [0.5, 0.6) is 0 Å². The highest BCUT2D eigenvalue weighted by Crippen LogP contribution is 2.30. The van der Waals surface area contributed by atoms with E-state index in [1.165, 1.54) is 38.9 Å². The summed E-state index contributed by atoms with van der Waals surface area (Å²) in [5.41, 5.74) is -11.2. The summed E-state index contributed by atoms with van der Waals surface area (Å²) in [6.07, 6.45) is -3.38. The van der Waals surface area contributed by atoms with E-state index in [4.69, 9.17) is 0 Å². The van der Waals surface area contributed by atoms with Crippen LogP contribution in [0.25, 0.3) is 0 Å². The molecule has 330 valence electrons. The van der Waals surface area contributed by atoms with E-state index in [9.17, 15) is 52.7 Å². The molecule has 0 aliphatic rings. The van der Waals surface area contributed by atoms with E-state index in [0.29, 0.717) is 0 Å². The number of halogens is 20. The Hall–Kier alpha value is -5.28. The largest absolute Gasteiger partial charge is 0.332 e. The van der Waals surface area contributed by atoms with Crippen LogP contribution in [0.15, 0.2) is 24.3 Å². The molecule has 5 aromatic rings. The van der Waals surface area contributed by atoms with Crippen molar-refractivity contribution in [1.82, 2.24) is 0 Å². The highest BCUT2D eigenvalue weighted by atomic mass is 19.2. The molecule has 1 nitrogen and oxygen atoms in total. The highest BCUT2D eigenvalue weighted by Gasteiger charge is 2.52. The zero-order valence-corrected chi connectivity index (χ0v) is 31.2. The van der Waals surface area contributed by atoms with Crippen molar-refractivity contribution in [3.8, 4) is 0 Å². The molecule has 0 unspecified atom stereocenters. The summed E-state index contributed by atoms with van der Waals surface area (Å²) in [5, 5.41) is 0. The van der Waals surface area contributed by atoms with E-state index in [0.717, 1.165) is 0 Å². The third-order valence-corrected chi connectivity index (χ3v) is 10.1. The van der Waals surface area contributed by atoms with Crippen LogP contribution in [0.1, 0.15) is 44.7 Å². The van der Waals surface area contributed by atoms with Crippen molar-refractivity contribution in [2.45, 2.75) is 46.6 Å². The Balaban J connectivity index is 0.000000430. The SMILES string of the molecule is CCCCc1ccccc1C[NH+](CC)CC.Fc1c(F)c(F)c([B-](c2c(F)c(F)c(F)c(F)c2F)(c2c(F)c(F)c(F)c(F)c2F)c2c(F)c(F)c(F)c(F)c2F)c(F)c1F. The number of aryl methyl sites for hydroxylation is 1. The third kappa shape index (κ3) is 8.02. The zero-order valence-electron chi connectivity index (χ0n) is 31.2. The second kappa shape index (κ2) is 18.8. The Labute approximate surface area is 332 Å². The van der Waals surface area contributed by atoms with Crippen LogP contribution in [0, 0.1) is 116 Å². The predicted molar refractivity (Wildman–Crippen MR) is 180 cm³/mol. The van der Waals surface area contributed by atoms with Gasteiger partial charge in [-0.1, -0.05) is 37.6 Å². The number of unbranched alkanes of at least 4 members (excludes halogenated alkanes) is 1. The molecule has 0 aliphatic carbocycles. The molecule has 0 radical (unpaired) electrons. The van der Waals surface area contributed by atoms with E-state index < -0.39 is 144 Å². The van der Waals surface area contributed by atoms with Gasteiger partial charge in [-0.3, -0.25) is 0 Å². The molecular formula is C39H26BF20N. The summed E-state index contributed by atoms with van der Waals surface area (Å²) in [6, 6.07) is 8.95. The van der Waals surface area contributed by atoms with E-state index >= 15 is 35.1 Å². The minimum atomic E-state index is -7.22. The number of rotatable bonds is 11. The van der Waals surface area contributed by atoms with Crippen molar-refractivity contribution in [1.29, 1.82) is 0 Å². The van der Waals surface area contributed by atoms with Crippen molar-refractivity contribution in [3.63, 3.8) is 0 Å². The molecular weight excluding hydrogens is 873 g/mol. The van der Waals surface area contributed by atoms with E-state index in [1.807, 2.05) is 0 Å². The zero-order chi connectivity index (χ0) is 46.2. The van der Waals surface area contributed by atoms with E-state index in [2.05, 4.69) is 45.0 Å². The summed E-state index contributed by atoms with van der Waals surface area (Å²) in [4.78, 5) is 1.67.